The van der Waals surface area contributed by atoms with E-state index < -0.39 is 6.04 Å². The summed E-state index contributed by atoms with van der Waals surface area (Å²) in [6, 6.07) is 9.43. The van der Waals surface area contributed by atoms with E-state index in [-0.39, 0.29) is 18.4 Å². The van der Waals surface area contributed by atoms with E-state index in [2.05, 4.69) is 5.32 Å². The number of carbonyl (C=O) groups is 2. The van der Waals surface area contributed by atoms with Crippen molar-refractivity contribution in [2.45, 2.75) is 31.7 Å². The minimum absolute atomic E-state index is 0.0404. The number of nitrogens with zero attached hydrogens (tertiary/aromatic N) is 1. The van der Waals surface area contributed by atoms with Crippen LogP contribution in [0.1, 0.15) is 24.8 Å². The molecule has 106 valence electrons. The molecule has 1 aromatic carbocycles. The lowest BCUT2D eigenvalue weighted by Gasteiger charge is -2.32. The van der Waals surface area contributed by atoms with Crippen LogP contribution in [0.25, 0.3) is 0 Å². The third-order valence-electron chi connectivity index (χ3n) is 4.07. The second kappa shape index (κ2) is 5.65. The van der Waals surface area contributed by atoms with Gasteiger partial charge in [-0.25, -0.2) is 0 Å². The molecule has 1 saturated heterocycles. The van der Waals surface area contributed by atoms with E-state index in [1.54, 1.807) is 4.90 Å². The molecule has 2 aliphatic rings. The number of piperazine rings is 1. The minimum Gasteiger partial charge on any atom is -0.342 e. The summed E-state index contributed by atoms with van der Waals surface area (Å²) in [4.78, 5) is 25.9. The van der Waals surface area contributed by atoms with Gasteiger partial charge in [-0.2, -0.15) is 0 Å². The Morgan fingerprint density at radius 1 is 1.15 bits per heavy atom. The molecule has 2 fully saturated rings. The molecule has 4 heteroatoms. The molecule has 0 aromatic heterocycles. The lowest BCUT2D eigenvalue weighted by molar-refractivity contribution is -0.144. The first-order chi connectivity index (χ1) is 9.72. The summed E-state index contributed by atoms with van der Waals surface area (Å²) in [5, 5.41) is 2.82. The van der Waals surface area contributed by atoms with Crippen molar-refractivity contribution in [1.29, 1.82) is 0 Å². The zero-order valence-electron chi connectivity index (χ0n) is 11.5. The van der Waals surface area contributed by atoms with E-state index in [0.717, 1.165) is 24.4 Å². The minimum atomic E-state index is -0.405. The third kappa shape index (κ3) is 3.18. The maximum Gasteiger partial charge on any atom is 0.245 e. The molecule has 20 heavy (non-hydrogen) atoms. The summed E-state index contributed by atoms with van der Waals surface area (Å²) in [5.74, 6) is 0.802. The largest absolute Gasteiger partial charge is 0.342 e. The van der Waals surface area contributed by atoms with Crippen LogP contribution in [0.5, 0.6) is 0 Å². The molecule has 1 aliphatic heterocycles. The monoisotopic (exact) mass is 272 g/mol. The second-order valence-electron chi connectivity index (χ2n) is 5.80. The van der Waals surface area contributed by atoms with Crippen LogP contribution < -0.4 is 5.32 Å². The van der Waals surface area contributed by atoms with Gasteiger partial charge in [0.15, 0.2) is 0 Å². The van der Waals surface area contributed by atoms with Gasteiger partial charge in [0, 0.05) is 13.0 Å². The van der Waals surface area contributed by atoms with Gasteiger partial charge in [0.05, 0.1) is 6.54 Å². The zero-order valence-corrected chi connectivity index (χ0v) is 11.5. The van der Waals surface area contributed by atoms with Gasteiger partial charge in [-0.05, 0) is 17.9 Å². The Kier molecular flexibility index (Phi) is 3.72. The highest BCUT2D eigenvalue weighted by Gasteiger charge is 2.33. The van der Waals surface area contributed by atoms with E-state index in [0.29, 0.717) is 6.42 Å². The molecule has 1 unspecified atom stereocenters. The fourth-order valence-electron chi connectivity index (χ4n) is 2.70. The predicted octanol–water partition coefficient (Wildman–Crippen LogP) is 1.36. The maximum atomic E-state index is 12.4. The Labute approximate surface area is 119 Å². The van der Waals surface area contributed by atoms with Gasteiger partial charge in [0.25, 0.3) is 0 Å². The number of hydrogen-bond donors (Lipinski definition) is 1. The first-order valence-corrected chi connectivity index (χ1v) is 7.34. The maximum absolute atomic E-state index is 12.4. The highest BCUT2D eigenvalue weighted by Crippen LogP contribution is 2.32. The van der Waals surface area contributed by atoms with Crippen molar-refractivity contribution >= 4 is 11.8 Å². The fraction of sp³-hybridized carbons (Fsp3) is 0.500. The van der Waals surface area contributed by atoms with E-state index in [1.165, 1.54) is 12.8 Å². The molecule has 0 spiro atoms. The summed E-state index contributed by atoms with van der Waals surface area (Å²) < 4.78 is 0. The topological polar surface area (TPSA) is 49.4 Å². The first-order valence-electron chi connectivity index (χ1n) is 7.34. The Balaban J connectivity index is 1.63. The van der Waals surface area contributed by atoms with E-state index in [4.69, 9.17) is 0 Å². The summed E-state index contributed by atoms with van der Waals surface area (Å²) in [6.45, 7) is 0.944. The smallest absolute Gasteiger partial charge is 0.245 e. The Morgan fingerprint density at radius 2 is 1.90 bits per heavy atom. The molecule has 0 bridgehead atoms. The van der Waals surface area contributed by atoms with Gasteiger partial charge in [-0.1, -0.05) is 43.2 Å². The molecule has 1 aromatic rings. The van der Waals surface area contributed by atoms with Gasteiger partial charge < -0.3 is 10.2 Å². The lowest BCUT2D eigenvalue weighted by atomic mass is 10.0. The summed E-state index contributed by atoms with van der Waals surface area (Å²) >= 11 is 0. The summed E-state index contributed by atoms with van der Waals surface area (Å²) in [5.41, 5.74) is 1.08. The molecular weight excluding hydrogens is 252 g/mol. The van der Waals surface area contributed by atoms with Crippen molar-refractivity contribution in [3.05, 3.63) is 35.9 Å². The Hall–Kier alpha value is -1.84. The molecule has 1 heterocycles. The van der Waals surface area contributed by atoms with Crippen LogP contribution in [0, 0.1) is 5.92 Å². The van der Waals surface area contributed by atoms with Gasteiger partial charge in [0.1, 0.15) is 6.04 Å². The van der Waals surface area contributed by atoms with Crippen LogP contribution in [0.2, 0.25) is 0 Å². The molecular formula is C16H20N2O2. The number of carbonyl (C=O) groups excluding carboxylic acids is 2. The number of nitrogens with one attached hydrogen (secondary N) is 1. The number of amides is 2. The molecule has 1 N–H and O–H groups in total. The van der Waals surface area contributed by atoms with E-state index in [1.807, 2.05) is 30.3 Å². The van der Waals surface area contributed by atoms with Crippen LogP contribution in [-0.2, 0) is 16.0 Å². The van der Waals surface area contributed by atoms with Crippen LogP contribution in [-0.4, -0.2) is 35.8 Å². The van der Waals surface area contributed by atoms with Crippen molar-refractivity contribution in [1.82, 2.24) is 10.2 Å². The van der Waals surface area contributed by atoms with E-state index in [9.17, 15) is 9.59 Å². The normalized spacial score (nSPS) is 22.8. The molecule has 4 nitrogen and oxygen atoms in total. The van der Waals surface area contributed by atoms with Crippen LogP contribution >= 0.6 is 0 Å². The summed E-state index contributed by atoms with van der Waals surface area (Å²) in [6.07, 6.45) is 4.17. The molecule has 0 radical (unpaired) electrons. The van der Waals surface area contributed by atoms with Gasteiger partial charge in [0.2, 0.25) is 11.8 Å². The highest BCUT2D eigenvalue weighted by atomic mass is 16.2. The van der Waals surface area contributed by atoms with Crippen molar-refractivity contribution in [3.8, 4) is 0 Å². The Morgan fingerprint density at radius 3 is 2.60 bits per heavy atom. The molecule has 1 saturated carbocycles. The summed E-state index contributed by atoms with van der Waals surface area (Å²) in [7, 11) is 0. The molecule has 1 aliphatic carbocycles. The van der Waals surface area contributed by atoms with Crippen LogP contribution in [0.15, 0.2) is 30.3 Å². The van der Waals surface area contributed by atoms with E-state index >= 15 is 0 Å². The van der Waals surface area contributed by atoms with Crippen molar-refractivity contribution in [3.63, 3.8) is 0 Å². The SMILES string of the molecule is O=C1CN(CCC2CC2)C(=O)C(Cc2ccccc2)N1. The second-order valence-corrected chi connectivity index (χ2v) is 5.80. The average molecular weight is 272 g/mol. The molecule has 3 rings (SSSR count). The van der Waals surface area contributed by atoms with Crippen molar-refractivity contribution < 1.29 is 9.59 Å². The molecule has 1 atom stereocenters. The standard InChI is InChI=1S/C16H20N2O2/c19-15-11-18(9-8-12-6-7-12)16(20)14(17-15)10-13-4-2-1-3-5-13/h1-5,12,14H,6-11H2,(H,17,19). The van der Waals surface area contributed by atoms with Crippen molar-refractivity contribution in [2.24, 2.45) is 5.92 Å². The van der Waals surface area contributed by atoms with Crippen LogP contribution in [0.3, 0.4) is 0 Å². The quantitative estimate of drug-likeness (QED) is 0.880. The first kappa shape index (κ1) is 13.2. The van der Waals surface area contributed by atoms with Gasteiger partial charge in [-0.3, -0.25) is 9.59 Å². The fourth-order valence-corrected chi connectivity index (χ4v) is 2.70. The van der Waals surface area contributed by atoms with Gasteiger partial charge in [-0.15, -0.1) is 0 Å². The highest BCUT2D eigenvalue weighted by molar-refractivity contribution is 5.95. The molecule has 2 amide bonds. The number of hydrogen-bond acceptors (Lipinski definition) is 2. The number of benzene rings is 1. The van der Waals surface area contributed by atoms with Crippen LogP contribution in [0.4, 0.5) is 0 Å². The zero-order chi connectivity index (χ0) is 13.9. The number of rotatable bonds is 5. The van der Waals surface area contributed by atoms with Gasteiger partial charge >= 0.3 is 0 Å². The average Bonchev–Trinajstić information content (AvgIpc) is 3.26. The third-order valence-corrected chi connectivity index (χ3v) is 4.07. The van der Waals surface area contributed by atoms with Crippen molar-refractivity contribution in [2.75, 3.05) is 13.1 Å². The Bertz CT molecular complexity index is 496. The lowest BCUT2D eigenvalue weighted by Crippen LogP contribution is -2.58. The predicted molar refractivity (Wildman–Crippen MR) is 76.0 cm³/mol.